The van der Waals surface area contributed by atoms with Crippen LogP contribution in [-0.4, -0.2) is 45.0 Å². The minimum absolute atomic E-state index is 0.336. The van der Waals surface area contributed by atoms with Crippen molar-refractivity contribution in [2.75, 3.05) is 45.0 Å². The molecule has 0 amide bonds. The average molecular weight is 311 g/mol. The van der Waals surface area contributed by atoms with Gasteiger partial charge < -0.3 is 19.5 Å². The van der Waals surface area contributed by atoms with Crippen LogP contribution in [-0.2, 0) is 4.74 Å². The fourth-order valence-electron chi connectivity index (χ4n) is 2.21. The van der Waals surface area contributed by atoms with Crippen LogP contribution in [0.4, 0.5) is 0 Å². The Hall–Kier alpha value is -0.910. The molecule has 1 heterocycles. The predicted molar refractivity (Wildman–Crippen MR) is 87.7 cm³/mol. The van der Waals surface area contributed by atoms with Gasteiger partial charge in [0, 0.05) is 24.7 Å². The number of methoxy groups -OCH3 is 1. The normalized spacial score (nSPS) is 15.0. The minimum atomic E-state index is 0.336. The maximum absolute atomic E-state index is 5.68. The molecule has 118 valence electrons. The molecule has 1 atom stereocenters. The van der Waals surface area contributed by atoms with Gasteiger partial charge in [-0.05, 0) is 30.7 Å². The molecule has 1 unspecified atom stereocenters. The molecule has 0 aliphatic carbocycles. The molecule has 1 aromatic rings. The maximum atomic E-state index is 5.68. The standard InChI is InChI=1S/C16H25NO3S/c1-3-6-17-14(12-21-10-9-18-2)13-4-5-15-16(11-13)20-8-7-19-15/h4-5,11,14,17H,3,6-10,12H2,1-2H3. The third-order valence-electron chi connectivity index (χ3n) is 3.33. The van der Waals surface area contributed by atoms with E-state index in [1.54, 1.807) is 7.11 Å². The Bertz CT molecular complexity index is 428. The van der Waals surface area contributed by atoms with Gasteiger partial charge in [-0.15, -0.1) is 0 Å². The summed E-state index contributed by atoms with van der Waals surface area (Å²) >= 11 is 1.91. The summed E-state index contributed by atoms with van der Waals surface area (Å²) in [5, 5.41) is 3.61. The van der Waals surface area contributed by atoms with E-state index in [1.165, 1.54) is 5.56 Å². The molecule has 0 fully saturated rings. The Morgan fingerprint density at radius 1 is 1.29 bits per heavy atom. The Balaban J connectivity index is 2.00. The second kappa shape index (κ2) is 9.18. The fourth-order valence-corrected chi connectivity index (χ4v) is 3.21. The number of benzene rings is 1. The highest BCUT2D eigenvalue weighted by Crippen LogP contribution is 2.33. The highest BCUT2D eigenvalue weighted by Gasteiger charge is 2.16. The summed E-state index contributed by atoms with van der Waals surface area (Å²) in [4.78, 5) is 0. The van der Waals surface area contributed by atoms with E-state index in [-0.39, 0.29) is 0 Å². The average Bonchev–Trinajstić information content (AvgIpc) is 2.54. The predicted octanol–water partition coefficient (Wildman–Crippen LogP) is 2.88. The zero-order valence-electron chi connectivity index (χ0n) is 12.9. The molecule has 4 nitrogen and oxygen atoms in total. The number of thioether (sulfide) groups is 1. The van der Waals surface area contributed by atoms with E-state index in [4.69, 9.17) is 14.2 Å². The Morgan fingerprint density at radius 3 is 2.86 bits per heavy atom. The summed E-state index contributed by atoms with van der Waals surface area (Å²) in [6, 6.07) is 6.60. The van der Waals surface area contributed by atoms with E-state index in [0.717, 1.165) is 42.6 Å². The molecule has 0 bridgehead atoms. The highest BCUT2D eigenvalue weighted by molar-refractivity contribution is 7.99. The summed E-state index contributed by atoms with van der Waals surface area (Å²) in [6.45, 7) is 5.27. The first-order chi connectivity index (χ1) is 10.3. The van der Waals surface area contributed by atoms with Crippen molar-refractivity contribution in [3.05, 3.63) is 23.8 Å². The first kappa shape index (κ1) is 16.5. The van der Waals surface area contributed by atoms with Gasteiger partial charge in [-0.2, -0.15) is 11.8 Å². The van der Waals surface area contributed by atoms with Crippen molar-refractivity contribution >= 4 is 11.8 Å². The van der Waals surface area contributed by atoms with Gasteiger partial charge in [-0.25, -0.2) is 0 Å². The van der Waals surface area contributed by atoms with Crippen molar-refractivity contribution < 1.29 is 14.2 Å². The van der Waals surface area contributed by atoms with E-state index in [9.17, 15) is 0 Å². The topological polar surface area (TPSA) is 39.7 Å². The third kappa shape index (κ3) is 5.09. The molecule has 2 rings (SSSR count). The van der Waals surface area contributed by atoms with Crippen LogP contribution >= 0.6 is 11.8 Å². The second-order valence-corrected chi connectivity index (χ2v) is 6.13. The first-order valence-electron chi connectivity index (χ1n) is 7.54. The van der Waals surface area contributed by atoms with Crippen molar-refractivity contribution in [2.24, 2.45) is 0 Å². The summed E-state index contributed by atoms with van der Waals surface area (Å²) in [6.07, 6.45) is 1.13. The molecule has 0 saturated carbocycles. The SMILES string of the molecule is CCCNC(CSCCOC)c1ccc2c(c1)OCCO2. The third-order valence-corrected chi connectivity index (χ3v) is 4.35. The molecule has 0 aromatic heterocycles. The van der Waals surface area contributed by atoms with E-state index < -0.39 is 0 Å². The lowest BCUT2D eigenvalue weighted by atomic mass is 10.1. The smallest absolute Gasteiger partial charge is 0.161 e. The van der Waals surface area contributed by atoms with Gasteiger partial charge in [-0.1, -0.05) is 13.0 Å². The minimum Gasteiger partial charge on any atom is -0.486 e. The maximum Gasteiger partial charge on any atom is 0.161 e. The van der Waals surface area contributed by atoms with Gasteiger partial charge in [0.15, 0.2) is 11.5 Å². The molecule has 5 heteroatoms. The summed E-state index contributed by atoms with van der Waals surface area (Å²) in [5.74, 6) is 3.77. The van der Waals surface area contributed by atoms with Gasteiger partial charge in [-0.3, -0.25) is 0 Å². The lowest BCUT2D eigenvalue weighted by Gasteiger charge is -2.23. The Kier molecular flexibility index (Phi) is 7.19. The van der Waals surface area contributed by atoms with Gasteiger partial charge in [0.1, 0.15) is 13.2 Å². The summed E-state index contributed by atoms with van der Waals surface area (Å²) in [5.41, 5.74) is 1.26. The van der Waals surface area contributed by atoms with Gasteiger partial charge >= 0.3 is 0 Å². The summed E-state index contributed by atoms with van der Waals surface area (Å²) < 4.78 is 16.4. The monoisotopic (exact) mass is 311 g/mol. The molecule has 1 aromatic carbocycles. The zero-order chi connectivity index (χ0) is 14.9. The lowest BCUT2D eigenvalue weighted by molar-refractivity contribution is 0.171. The number of hydrogen-bond donors (Lipinski definition) is 1. The van der Waals surface area contributed by atoms with E-state index in [1.807, 2.05) is 17.8 Å². The highest BCUT2D eigenvalue weighted by atomic mass is 32.2. The Morgan fingerprint density at radius 2 is 2.10 bits per heavy atom. The van der Waals surface area contributed by atoms with Crippen LogP contribution in [0.3, 0.4) is 0 Å². The first-order valence-corrected chi connectivity index (χ1v) is 8.70. The van der Waals surface area contributed by atoms with Crippen LogP contribution in [0.2, 0.25) is 0 Å². The van der Waals surface area contributed by atoms with Crippen molar-refractivity contribution in [1.29, 1.82) is 0 Å². The van der Waals surface area contributed by atoms with Crippen LogP contribution in [0.1, 0.15) is 24.9 Å². The largest absolute Gasteiger partial charge is 0.486 e. The molecule has 1 aliphatic rings. The molecule has 0 radical (unpaired) electrons. The van der Waals surface area contributed by atoms with E-state index in [0.29, 0.717) is 19.3 Å². The Labute approximate surface area is 131 Å². The number of fused-ring (bicyclic) bond motifs is 1. The number of nitrogens with one attached hydrogen (secondary N) is 1. The molecule has 0 saturated heterocycles. The molecule has 1 aliphatic heterocycles. The van der Waals surface area contributed by atoms with Gasteiger partial charge in [0.05, 0.1) is 6.61 Å². The van der Waals surface area contributed by atoms with E-state index in [2.05, 4.69) is 24.4 Å². The van der Waals surface area contributed by atoms with Gasteiger partial charge in [0.25, 0.3) is 0 Å². The number of ether oxygens (including phenoxy) is 3. The van der Waals surface area contributed by atoms with Crippen LogP contribution in [0, 0.1) is 0 Å². The van der Waals surface area contributed by atoms with E-state index >= 15 is 0 Å². The van der Waals surface area contributed by atoms with Crippen molar-refractivity contribution in [2.45, 2.75) is 19.4 Å². The van der Waals surface area contributed by atoms with Crippen LogP contribution in [0.25, 0.3) is 0 Å². The number of hydrogen-bond acceptors (Lipinski definition) is 5. The van der Waals surface area contributed by atoms with Crippen LogP contribution in [0.15, 0.2) is 18.2 Å². The molecule has 21 heavy (non-hydrogen) atoms. The quantitative estimate of drug-likeness (QED) is 0.710. The molecular formula is C16H25NO3S. The summed E-state index contributed by atoms with van der Waals surface area (Å²) in [7, 11) is 1.74. The van der Waals surface area contributed by atoms with Crippen LogP contribution in [0.5, 0.6) is 11.5 Å². The second-order valence-electron chi connectivity index (χ2n) is 4.98. The lowest BCUT2D eigenvalue weighted by Crippen LogP contribution is -2.25. The zero-order valence-corrected chi connectivity index (χ0v) is 13.7. The molecule has 1 N–H and O–H groups in total. The van der Waals surface area contributed by atoms with Crippen molar-refractivity contribution in [3.63, 3.8) is 0 Å². The fraction of sp³-hybridized carbons (Fsp3) is 0.625. The van der Waals surface area contributed by atoms with Crippen molar-refractivity contribution in [3.8, 4) is 11.5 Å². The molecular weight excluding hydrogens is 286 g/mol. The van der Waals surface area contributed by atoms with Crippen LogP contribution < -0.4 is 14.8 Å². The van der Waals surface area contributed by atoms with Crippen molar-refractivity contribution in [1.82, 2.24) is 5.32 Å². The number of rotatable bonds is 9. The molecule has 0 spiro atoms. The van der Waals surface area contributed by atoms with Gasteiger partial charge in [0.2, 0.25) is 0 Å².